The predicted molar refractivity (Wildman–Crippen MR) is 85.9 cm³/mol. The highest BCUT2D eigenvalue weighted by Crippen LogP contribution is 2.25. The molecule has 0 aliphatic heterocycles. The first-order chi connectivity index (χ1) is 9.88. The SMILES string of the molecule is CCCCN(C(C)CC)S(=O)(=O)c1ccc(Cl)c(CO)c1. The predicted octanol–water partition coefficient (Wildman–Crippen LogP) is 3.42. The zero-order valence-corrected chi connectivity index (χ0v) is 14.4. The van der Waals surface area contributed by atoms with E-state index in [4.69, 9.17) is 11.6 Å². The van der Waals surface area contributed by atoms with Crippen LogP contribution in [0.15, 0.2) is 23.1 Å². The summed E-state index contributed by atoms with van der Waals surface area (Å²) in [6.45, 7) is 6.15. The third-order valence-electron chi connectivity index (χ3n) is 3.61. The number of nitrogens with zero attached hydrogens (tertiary/aromatic N) is 1. The Hall–Kier alpha value is -0.620. The molecule has 1 atom stereocenters. The van der Waals surface area contributed by atoms with Crippen molar-refractivity contribution in [3.63, 3.8) is 0 Å². The Labute approximate surface area is 132 Å². The molecular formula is C15H24ClNO3S. The fourth-order valence-corrected chi connectivity index (χ4v) is 4.03. The van der Waals surface area contributed by atoms with Gasteiger partial charge in [-0.15, -0.1) is 0 Å². The monoisotopic (exact) mass is 333 g/mol. The Bertz CT molecular complexity index is 560. The molecule has 21 heavy (non-hydrogen) atoms. The molecule has 0 fully saturated rings. The molecule has 120 valence electrons. The van der Waals surface area contributed by atoms with E-state index in [2.05, 4.69) is 0 Å². The second-order valence-electron chi connectivity index (χ2n) is 5.14. The molecule has 0 spiro atoms. The molecule has 1 aromatic rings. The van der Waals surface area contributed by atoms with Gasteiger partial charge in [0.1, 0.15) is 0 Å². The van der Waals surface area contributed by atoms with Crippen molar-refractivity contribution in [2.45, 2.75) is 57.6 Å². The van der Waals surface area contributed by atoms with Crippen LogP contribution in [0.25, 0.3) is 0 Å². The summed E-state index contributed by atoms with van der Waals surface area (Å²) in [5.74, 6) is 0. The molecule has 0 aliphatic carbocycles. The zero-order valence-electron chi connectivity index (χ0n) is 12.8. The van der Waals surface area contributed by atoms with Gasteiger partial charge in [-0.25, -0.2) is 8.42 Å². The zero-order chi connectivity index (χ0) is 16.0. The number of hydrogen-bond donors (Lipinski definition) is 1. The number of hydrogen-bond acceptors (Lipinski definition) is 3. The molecule has 0 amide bonds. The summed E-state index contributed by atoms with van der Waals surface area (Å²) in [4.78, 5) is 0.187. The number of aliphatic hydroxyl groups excluding tert-OH is 1. The summed E-state index contributed by atoms with van der Waals surface area (Å²) in [7, 11) is -3.57. The molecule has 0 saturated carbocycles. The summed E-state index contributed by atoms with van der Waals surface area (Å²) in [5.41, 5.74) is 0.428. The van der Waals surface area contributed by atoms with Crippen LogP contribution < -0.4 is 0 Å². The van der Waals surface area contributed by atoms with Crippen molar-refractivity contribution in [3.8, 4) is 0 Å². The molecule has 1 unspecified atom stereocenters. The topological polar surface area (TPSA) is 57.6 Å². The maximum atomic E-state index is 12.8. The lowest BCUT2D eigenvalue weighted by Crippen LogP contribution is -2.39. The Morgan fingerprint density at radius 1 is 1.33 bits per heavy atom. The van der Waals surface area contributed by atoms with Gasteiger partial charge in [-0.2, -0.15) is 4.31 Å². The second kappa shape index (κ2) is 8.13. The highest BCUT2D eigenvalue weighted by molar-refractivity contribution is 7.89. The van der Waals surface area contributed by atoms with Gasteiger partial charge in [0, 0.05) is 17.6 Å². The lowest BCUT2D eigenvalue weighted by atomic mass is 10.2. The van der Waals surface area contributed by atoms with Crippen LogP contribution in [0.2, 0.25) is 5.02 Å². The first-order valence-corrected chi connectivity index (χ1v) is 9.11. The van der Waals surface area contributed by atoms with Crippen molar-refractivity contribution in [3.05, 3.63) is 28.8 Å². The molecule has 0 radical (unpaired) electrons. The van der Waals surface area contributed by atoms with Crippen molar-refractivity contribution >= 4 is 21.6 Å². The maximum Gasteiger partial charge on any atom is 0.243 e. The van der Waals surface area contributed by atoms with Gasteiger partial charge in [0.15, 0.2) is 0 Å². The number of rotatable bonds is 8. The van der Waals surface area contributed by atoms with Crippen LogP contribution in [0, 0.1) is 0 Å². The lowest BCUT2D eigenvalue weighted by Gasteiger charge is -2.27. The number of halogens is 1. The fourth-order valence-electron chi connectivity index (χ4n) is 2.06. The lowest BCUT2D eigenvalue weighted by molar-refractivity contribution is 0.281. The summed E-state index contributed by atoms with van der Waals surface area (Å²) in [6, 6.07) is 4.42. The average Bonchev–Trinajstić information content (AvgIpc) is 2.47. The van der Waals surface area contributed by atoms with Crippen molar-refractivity contribution in [1.29, 1.82) is 0 Å². The van der Waals surface area contributed by atoms with E-state index in [1.54, 1.807) is 4.31 Å². The minimum Gasteiger partial charge on any atom is -0.392 e. The molecular weight excluding hydrogens is 310 g/mol. The smallest absolute Gasteiger partial charge is 0.243 e. The van der Waals surface area contributed by atoms with Crippen molar-refractivity contribution in [2.24, 2.45) is 0 Å². The van der Waals surface area contributed by atoms with Crippen LogP contribution in [0.4, 0.5) is 0 Å². The summed E-state index contributed by atoms with van der Waals surface area (Å²) < 4.78 is 27.2. The van der Waals surface area contributed by atoms with E-state index in [-0.39, 0.29) is 17.5 Å². The first-order valence-electron chi connectivity index (χ1n) is 7.29. The molecule has 4 nitrogen and oxygen atoms in total. The highest BCUT2D eigenvalue weighted by atomic mass is 35.5. The minimum atomic E-state index is -3.57. The molecule has 0 heterocycles. The van der Waals surface area contributed by atoms with Crippen LogP contribution in [-0.2, 0) is 16.6 Å². The van der Waals surface area contributed by atoms with Crippen LogP contribution >= 0.6 is 11.6 Å². The molecule has 0 bridgehead atoms. The molecule has 1 rings (SSSR count). The third-order valence-corrected chi connectivity index (χ3v) is 5.99. The fraction of sp³-hybridized carbons (Fsp3) is 0.600. The number of benzene rings is 1. The van der Waals surface area contributed by atoms with Crippen molar-refractivity contribution in [2.75, 3.05) is 6.54 Å². The normalized spacial score (nSPS) is 13.6. The van der Waals surface area contributed by atoms with Crippen LogP contribution in [0.5, 0.6) is 0 Å². The third kappa shape index (κ3) is 4.42. The van der Waals surface area contributed by atoms with Gasteiger partial charge < -0.3 is 5.11 Å². The maximum absolute atomic E-state index is 12.8. The van der Waals surface area contributed by atoms with E-state index in [1.807, 2.05) is 20.8 Å². The number of sulfonamides is 1. The van der Waals surface area contributed by atoms with Gasteiger partial charge in [-0.3, -0.25) is 0 Å². The number of aliphatic hydroxyl groups is 1. The van der Waals surface area contributed by atoms with Crippen LogP contribution in [0.3, 0.4) is 0 Å². The second-order valence-corrected chi connectivity index (χ2v) is 7.44. The van der Waals surface area contributed by atoms with E-state index in [9.17, 15) is 13.5 Å². The molecule has 1 aromatic carbocycles. The largest absolute Gasteiger partial charge is 0.392 e. The van der Waals surface area contributed by atoms with Crippen LogP contribution in [-0.4, -0.2) is 30.4 Å². The molecule has 0 saturated heterocycles. The van der Waals surface area contributed by atoms with E-state index < -0.39 is 10.0 Å². The van der Waals surface area contributed by atoms with Crippen molar-refractivity contribution < 1.29 is 13.5 Å². The molecule has 0 aliphatic rings. The Morgan fingerprint density at radius 2 is 2.00 bits per heavy atom. The Balaban J connectivity index is 3.21. The van der Waals surface area contributed by atoms with Gasteiger partial charge in [0.2, 0.25) is 10.0 Å². The van der Waals surface area contributed by atoms with Crippen LogP contribution in [0.1, 0.15) is 45.6 Å². The van der Waals surface area contributed by atoms with Gasteiger partial charge in [-0.05, 0) is 43.5 Å². The standard InChI is InChI=1S/C15H24ClNO3S/c1-4-6-9-17(12(3)5-2)21(19,20)14-7-8-15(16)13(10-14)11-18/h7-8,10,12,18H,4-6,9,11H2,1-3H3. The van der Waals surface area contributed by atoms with Gasteiger partial charge in [-0.1, -0.05) is 31.9 Å². The van der Waals surface area contributed by atoms with E-state index >= 15 is 0 Å². The van der Waals surface area contributed by atoms with E-state index in [0.29, 0.717) is 17.1 Å². The average molecular weight is 334 g/mol. The minimum absolute atomic E-state index is 0.0604. The van der Waals surface area contributed by atoms with Crippen molar-refractivity contribution in [1.82, 2.24) is 4.31 Å². The number of unbranched alkanes of at least 4 members (excludes halogenated alkanes) is 1. The van der Waals surface area contributed by atoms with Gasteiger partial charge >= 0.3 is 0 Å². The molecule has 6 heteroatoms. The van der Waals surface area contributed by atoms with Gasteiger partial charge in [0.05, 0.1) is 11.5 Å². The molecule has 0 aromatic heterocycles. The molecule has 1 N–H and O–H groups in total. The first kappa shape index (κ1) is 18.4. The summed E-state index contributed by atoms with van der Waals surface area (Å²) in [6.07, 6.45) is 2.51. The van der Waals surface area contributed by atoms with Gasteiger partial charge in [0.25, 0.3) is 0 Å². The highest BCUT2D eigenvalue weighted by Gasteiger charge is 2.28. The Kier molecular flexibility index (Phi) is 7.13. The Morgan fingerprint density at radius 3 is 2.52 bits per heavy atom. The van der Waals surface area contributed by atoms with E-state index in [0.717, 1.165) is 19.3 Å². The summed E-state index contributed by atoms with van der Waals surface area (Å²) in [5, 5.41) is 9.63. The quantitative estimate of drug-likeness (QED) is 0.793. The summed E-state index contributed by atoms with van der Waals surface area (Å²) >= 11 is 5.93. The van der Waals surface area contributed by atoms with E-state index in [1.165, 1.54) is 18.2 Å².